The highest BCUT2D eigenvalue weighted by Gasteiger charge is 2.33. The number of aryl methyl sites for hydroxylation is 2. The number of sulfonamides is 1. The summed E-state index contributed by atoms with van der Waals surface area (Å²) in [4.78, 5) is 18.1. The van der Waals surface area contributed by atoms with E-state index < -0.39 is 33.6 Å². The minimum atomic E-state index is -4.54. The summed E-state index contributed by atoms with van der Waals surface area (Å²) in [6.45, 7) is 4.25. The Labute approximate surface area is 183 Å². The number of aromatic nitrogens is 1. The summed E-state index contributed by atoms with van der Waals surface area (Å²) in [5.74, 6) is -0.952. The molecule has 1 aromatic heterocycles. The smallest absolute Gasteiger partial charge is 0.355 e. The van der Waals surface area contributed by atoms with Crippen LogP contribution < -0.4 is 9.62 Å². The molecule has 0 unspecified atom stereocenters. The summed E-state index contributed by atoms with van der Waals surface area (Å²) in [7, 11) is -3.99. The summed E-state index contributed by atoms with van der Waals surface area (Å²) < 4.78 is 65.5. The van der Waals surface area contributed by atoms with Crippen molar-refractivity contribution in [2.75, 3.05) is 18.0 Å². The van der Waals surface area contributed by atoms with Crippen LogP contribution in [0.3, 0.4) is 0 Å². The first kappa shape index (κ1) is 23.3. The van der Waals surface area contributed by atoms with Gasteiger partial charge >= 0.3 is 6.18 Å². The molecule has 1 aliphatic heterocycles. The molecular formula is C20H21ClF3N3O3S. The number of anilines is 1. The molecule has 1 N–H and O–H groups in total. The molecule has 0 radical (unpaired) electrons. The zero-order chi connectivity index (χ0) is 23.0. The van der Waals surface area contributed by atoms with E-state index in [2.05, 4.69) is 9.71 Å². The molecular weight excluding hydrogens is 455 g/mol. The van der Waals surface area contributed by atoms with Crippen LogP contribution in [0.1, 0.15) is 29.5 Å². The lowest BCUT2D eigenvalue weighted by atomic mass is 9.96. The van der Waals surface area contributed by atoms with Crippen LogP contribution in [-0.2, 0) is 21.0 Å². The monoisotopic (exact) mass is 475 g/mol. The van der Waals surface area contributed by atoms with Crippen molar-refractivity contribution in [1.82, 2.24) is 9.71 Å². The first-order valence-electron chi connectivity index (χ1n) is 9.50. The van der Waals surface area contributed by atoms with Crippen LogP contribution in [0.15, 0.2) is 35.4 Å². The quantitative estimate of drug-likeness (QED) is 0.720. The number of halogens is 4. The second-order valence-electron chi connectivity index (χ2n) is 7.50. The Balaban J connectivity index is 1.64. The maximum atomic E-state index is 12.8. The van der Waals surface area contributed by atoms with Crippen molar-refractivity contribution >= 4 is 33.3 Å². The molecule has 0 aliphatic carbocycles. The maximum absolute atomic E-state index is 12.8. The highest BCUT2D eigenvalue weighted by molar-refractivity contribution is 7.90. The lowest BCUT2D eigenvalue weighted by Crippen LogP contribution is -2.42. The third-order valence-corrected chi connectivity index (χ3v) is 6.96. The van der Waals surface area contributed by atoms with Crippen LogP contribution in [0.4, 0.5) is 19.0 Å². The van der Waals surface area contributed by atoms with E-state index in [0.29, 0.717) is 25.9 Å². The summed E-state index contributed by atoms with van der Waals surface area (Å²) in [5, 5.41) is -0.130. The van der Waals surface area contributed by atoms with E-state index in [1.165, 1.54) is 12.1 Å². The van der Waals surface area contributed by atoms with E-state index in [9.17, 15) is 26.4 Å². The van der Waals surface area contributed by atoms with Crippen molar-refractivity contribution in [3.63, 3.8) is 0 Å². The van der Waals surface area contributed by atoms with Gasteiger partial charge in [-0.25, -0.2) is 18.1 Å². The molecule has 11 heteroatoms. The van der Waals surface area contributed by atoms with E-state index in [1.807, 2.05) is 6.92 Å². The number of rotatable bonds is 4. The number of alkyl halides is 3. The molecule has 1 aliphatic rings. The summed E-state index contributed by atoms with van der Waals surface area (Å²) in [6.07, 6.45) is -3.20. The van der Waals surface area contributed by atoms with Gasteiger partial charge in [0.2, 0.25) is 5.91 Å². The Bertz CT molecular complexity index is 1100. The highest BCUT2D eigenvalue weighted by Crippen LogP contribution is 2.34. The molecule has 0 spiro atoms. The van der Waals surface area contributed by atoms with Gasteiger partial charge in [-0.2, -0.15) is 13.2 Å². The molecule has 31 heavy (non-hydrogen) atoms. The van der Waals surface area contributed by atoms with E-state index in [1.54, 1.807) is 17.9 Å². The van der Waals surface area contributed by atoms with Gasteiger partial charge in [0.1, 0.15) is 5.82 Å². The number of piperidine rings is 1. The highest BCUT2D eigenvalue weighted by atomic mass is 35.5. The first-order chi connectivity index (χ1) is 14.4. The Hall–Kier alpha value is -2.33. The number of hydrogen-bond acceptors (Lipinski definition) is 5. The third-order valence-electron chi connectivity index (χ3n) is 5.34. The first-order valence-corrected chi connectivity index (χ1v) is 11.4. The largest absolute Gasteiger partial charge is 0.417 e. The summed E-state index contributed by atoms with van der Waals surface area (Å²) in [5.41, 5.74) is 0.796. The van der Waals surface area contributed by atoms with Gasteiger partial charge < -0.3 is 4.90 Å². The number of amides is 1. The summed E-state index contributed by atoms with van der Waals surface area (Å²) >= 11 is 5.98. The second kappa shape index (κ2) is 8.66. The number of hydrogen-bond donors (Lipinski definition) is 1. The number of carbonyl (C=O) groups is 1. The number of benzene rings is 1. The van der Waals surface area contributed by atoms with E-state index >= 15 is 0 Å². The van der Waals surface area contributed by atoms with Crippen molar-refractivity contribution in [2.45, 2.75) is 37.8 Å². The predicted octanol–water partition coefficient (Wildman–Crippen LogP) is 4.09. The van der Waals surface area contributed by atoms with Crippen molar-refractivity contribution in [3.8, 4) is 0 Å². The van der Waals surface area contributed by atoms with Gasteiger partial charge in [0.05, 0.1) is 15.5 Å². The molecule has 1 aromatic carbocycles. The van der Waals surface area contributed by atoms with Crippen LogP contribution in [0.25, 0.3) is 0 Å². The molecule has 168 valence electrons. The van der Waals surface area contributed by atoms with Crippen LogP contribution in [0.5, 0.6) is 0 Å². The maximum Gasteiger partial charge on any atom is 0.417 e. The van der Waals surface area contributed by atoms with Gasteiger partial charge in [0.25, 0.3) is 10.0 Å². The molecule has 2 heterocycles. The molecule has 2 aromatic rings. The predicted molar refractivity (Wildman–Crippen MR) is 110 cm³/mol. The normalized spacial score (nSPS) is 15.7. The van der Waals surface area contributed by atoms with Crippen LogP contribution in [-0.4, -0.2) is 32.4 Å². The summed E-state index contributed by atoms with van der Waals surface area (Å²) in [6, 6.07) is 5.44. The van der Waals surface area contributed by atoms with Crippen molar-refractivity contribution in [1.29, 1.82) is 0 Å². The zero-order valence-electron chi connectivity index (χ0n) is 16.8. The molecule has 0 atom stereocenters. The number of nitrogens with one attached hydrogen (secondary N) is 1. The van der Waals surface area contributed by atoms with E-state index in [0.717, 1.165) is 23.4 Å². The minimum Gasteiger partial charge on any atom is -0.355 e. The average molecular weight is 476 g/mol. The molecule has 3 rings (SSSR count). The fraction of sp³-hybridized carbons (Fsp3) is 0.400. The zero-order valence-corrected chi connectivity index (χ0v) is 18.4. The van der Waals surface area contributed by atoms with E-state index in [-0.39, 0.29) is 15.7 Å². The Kier molecular flexibility index (Phi) is 6.52. The Morgan fingerprint density at radius 3 is 2.35 bits per heavy atom. The van der Waals surface area contributed by atoms with Gasteiger partial charge in [-0.3, -0.25) is 4.79 Å². The van der Waals surface area contributed by atoms with Gasteiger partial charge in [-0.15, -0.1) is 0 Å². The van der Waals surface area contributed by atoms with Crippen molar-refractivity contribution in [3.05, 3.63) is 52.2 Å². The van der Waals surface area contributed by atoms with E-state index in [4.69, 9.17) is 11.6 Å². The third kappa shape index (κ3) is 5.30. The van der Waals surface area contributed by atoms with Gasteiger partial charge in [-0.05, 0) is 56.0 Å². The molecule has 1 amide bonds. The topological polar surface area (TPSA) is 79.4 Å². The molecule has 0 bridgehead atoms. The fourth-order valence-corrected chi connectivity index (χ4v) is 4.74. The average Bonchev–Trinajstić information content (AvgIpc) is 2.69. The fourth-order valence-electron chi connectivity index (χ4n) is 3.33. The number of carbonyl (C=O) groups excluding carboxylic acids is 1. The molecule has 0 saturated carbocycles. The number of pyridine rings is 1. The Morgan fingerprint density at radius 1 is 1.16 bits per heavy atom. The van der Waals surface area contributed by atoms with Crippen molar-refractivity contribution in [2.24, 2.45) is 5.92 Å². The lowest BCUT2D eigenvalue weighted by Gasteiger charge is -2.32. The van der Waals surface area contributed by atoms with Crippen LogP contribution in [0.2, 0.25) is 5.02 Å². The minimum absolute atomic E-state index is 0.0159. The SMILES string of the molecule is Cc1ccc(S(=O)(=O)NC(=O)C2CCN(c3ncc(C(F)(F)F)cc3Cl)CC2)cc1C. The van der Waals surface area contributed by atoms with Crippen LogP contribution in [0, 0.1) is 19.8 Å². The van der Waals surface area contributed by atoms with Crippen molar-refractivity contribution < 1.29 is 26.4 Å². The second-order valence-corrected chi connectivity index (χ2v) is 9.59. The molecule has 6 nitrogen and oxygen atoms in total. The van der Waals surface area contributed by atoms with Gasteiger partial charge in [0, 0.05) is 25.2 Å². The van der Waals surface area contributed by atoms with Gasteiger partial charge in [-0.1, -0.05) is 17.7 Å². The van der Waals surface area contributed by atoms with Crippen LogP contribution >= 0.6 is 11.6 Å². The Morgan fingerprint density at radius 2 is 1.81 bits per heavy atom. The lowest BCUT2D eigenvalue weighted by molar-refractivity contribution is -0.137. The number of nitrogens with zero attached hydrogens (tertiary/aromatic N) is 2. The molecule has 1 saturated heterocycles. The standard InChI is InChI=1S/C20H21ClF3N3O3S/c1-12-3-4-16(9-13(12)2)31(29,30)26-19(28)14-5-7-27(8-6-14)18-17(21)10-15(11-25-18)20(22,23)24/h3-4,9-11,14H,5-8H2,1-2H3,(H,26,28). The molecule has 1 fully saturated rings. The van der Waals surface area contributed by atoms with Gasteiger partial charge in [0.15, 0.2) is 0 Å².